The van der Waals surface area contributed by atoms with Gasteiger partial charge in [-0.05, 0) is 24.6 Å². The topological polar surface area (TPSA) is 108 Å². The maximum atomic E-state index is 12.4. The Bertz CT molecular complexity index is 1060. The summed E-state index contributed by atoms with van der Waals surface area (Å²) in [5, 5.41) is 22.7. The summed E-state index contributed by atoms with van der Waals surface area (Å²) in [5.41, 5.74) is 0.108. The van der Waals surface area contributed by atoms with E-state index in [0.29, 0.717) is 23.1 Å². The first-order chi connectivity index (χ1) is 13.3. The Hall–Kier alpha value is -2.62. The lowest BCUT2D eigenvalue weighted by Gasteiger charge is -2.04. The fraction of sp³-hybridized carbons (Fsp3) is 0.188. The monoisotopic (exact) mass is 442 g/mol. The minimum atomic E-state index is -0.777. The van der Waals surface area contributed by atoms with Gasteiger partial charge in [-0.25, -0.2) is 0 Å². The normalized spacial score (nSPS) is 10.9. The number of aryl methyl sites for hydroxylation is 1. The third kappa shape index (κ3) is 4.27. The lowest BCUT2D eigenvalue weighted by Crippen LogP contribution is -2.15. The smallest absolute Gasteiger partial charge is 0.302 e. The number of rotatable bonds is 6. The molecule has 0 unspecified atom stereocenters. The Kier molecular flexibility index (Phi) is 5.87. The Labute approximate surface area is 173 Å². The molecule has 2 heterocycles. The summed E-state index contributed by atoms with van der Waals surface area (Å²) < 4.78 is 2.80. The summed E-state index contributed by atoms with van der Waals surface area (Å²) in [6, 6.07) is 5.14. The largest absolute Gasteiger partial charge is 0.320 e. The summed E-state index contributed by atoms with van der Waals surface area (Å²) in [6.45, 7) is 2.46. The molecule has 1 aromatic carbocycles. The minimum Gasteiger partial charge on any atom is -0.302 e. The molecule has 0 saturated carbocycles. The summed E-state index contributed by atoms with van der Waals surface area (Å²) in [7, 11) is 0. The first-order valence-electron chi connectivity index (χ1n) is 7.98. The molecule has 12 heteroatoms. The molecule has 28 heavy (non-hydrogen) atoms. The molecule has 0 atom stereocenters. The van der Waals surface area contributed by atoms with E-state index in [9.17, 15) is 14.9 Å². The average molecular weight is 444 g/mol. The molecule has 3 aromatic rings. The van der Waals surface area contributed by atoms with Crippen LogP contribution in [0.3, 0.4) is 0 Å². The van der Waals surface area contributed by atoms with Crippen molar-refractivity contribution in [2.45, 2.75) is 20.0 Å². The van der Waals surface area contributed by atoms with E-state index in [0.717, 1.165) is 5.56 Å². The van der Waals surface area contributed by atoms with E-state index in [2.05, 4.69) is 15.5 Å². The number of carbonyl (C=O) groups excluding carboxylic acids is 1. The zero-order chi connectivity index (χ0) is 20.4. The highest BCUT2D eigenvalue weighted by Gasteiger charge is 2.26. The van der Waals surface area contributed by atoms with Gasteiger partial charge in [0.1, 0.15) is 11.2 Å². The third-order valence-electron chi connectivity index (χ3n) is 3.76. The zero-order valence-electron chi connectivity index (χ0n) is 14.4. The molecule has 0 saturated heterocycles. The van der Waals surface area contributed by atoms with Crippen molar-refractivity contribution in [2.24, 2.45) is 0 Å². The molecule has 0 bridgehead atoms. The van der Waals surface area contributed by atoms with E-state index in [1.165, 1.54) is 21.8 Å². The van der Waals surface area contributed by atoms with Crippen LogP contribution in [-0.2, 0) is 13.1 Å². The minimum absolute atomic E-state index is 0.0621. The van der Waals surface area contributed by atoms with Crippen molar-refractivity contribution >= 4 is 52.2 Å². The zero-order valence-corrected chi connectivity index (χ0v) is 16.7. The number of halogens is 3. The molecule has 146 valence electrons. The van der Waals surface area contributed by atoms with Crippen molar-refractivity contribution < 1.29 is 9.72 Å². The second-order valence-corrected chi connectivity index (χ2v) is 6.92. The fourth-order valence-electron chi connectivity index (χ4n) is 2.42. The first-order valence-corrected chi connectivity index (χ1v) is 9.12. The summed E-state index contributed by atoms with van der Waals surface area (Å²) in [4.78, 5) is 22.9. The highest BCUT2D eigenvalue weighted by Crippen LogP contribution is 2.25. The van der Waals surface area contributed by atoms with Crippen molar-refractivity contribution in [1.82, 2.24) is 19.6 Å². The van der Waals surface area contributed by atoms with Gasteiger partial charge in [-0.2, -0.15) is 10.2 Å². The quantitative estimate of drug-likeness (QED) is 0.452. The number of nitrogens with one attached hydrogen (secondary N) is 1. The lowest BCUT2D eigenvalue weighted by molar-refractivity contribution is -0.385. The fourth-order valence-corrected chi connectivity index (χ4v) is 2.94. The highest BCUT2D eigenvalue weighted by atomic mass is 35.5. The van der Waals surface area contributed by atoms with Crippen LogP contribution in [-0.4, -0.2) is 30.4 Å². The average Bonchev–Trinajstić information content (AvgIpc) is 3.22. The van der Waals surface area contributed by atoms with Gasteiger partial charge >= 0.3 is 5.69 Å². The van der Waals surface area contributed by atoms with E-state index < -0.39 is 16.5 Å². The Morgan fingerprint density at radius 3 is 2.54 bits per heavy atom. The van der Waals surface area contributed by atoms with Gasteiger partial charge < -0.3 is 5.32 Å². The molecule has 0 radical (unpaired) electrons. The van der Waals surface area contributed by atoms with E-state index in [1.807, 2.05) is 0 Å². The number of aromatic nitrogens is 4. The maximum absolute atomic E-state index is 12.4. The number of nitrogens with zero attached hydrogens (tertiary/aromatic N) is 5. The van der Waals surface area contributed by atoms with Gasteiger partial charge in [0.25, 0.3) is 5.91 Å². The van der Waals surface area contributed by atoms with Gasteiger partial charge in [-0.15, -0.1) is 0 Å². The lowest BCUT2D eigenvalue weighted by atomic mass is 10.2. The second kappa shape index (κ2) is 8.17. The molecule has 9 nitrogen and oxygen atoms in total. The van der Waals surface area contributed by atoms with Crippen LogP contribution in [0.1, 0.15) is 23.0 Å². The van der Waals surface area contributed by atoms with E-state index in [-0.39, 0.29) is 16.5 Å². The summed E-state index contributed by atoms with van der Waals surface area (Å²) in [5.74, 6) is -0.715. The van der Waals surface area contributed by atoms with Crippen LogP contribution in [0.2, 0.25) is 15.1 Å². The number of benzene rings is 1. The van der Waals surface area contributed by atoms with Gasteiger partial charge in [0, 0.05) is 12.7 Å². The number of carbonyl (C=O) groups is 1. The predicted octanol–water partition coefficient (Wildman–Crippen LogP) is 4.27. The van der Waals surface area contributed by atoms with Gasteiger partial charge in [-0.1, -0.05) is 40.9 Å². The number of nitro groups is 1. The summed E-state index contributed by atoms with van der Waals surface area (Å²) in [6.07, 6.45) is 2.71. The molecule has 0 spiro atoms. The van der Waals surface area contributed by atoms with E-state index in [1.54, 1.807) is 25.1 Å². The molecule has 0 fully saturated rings. The van der Waals surface area contributed by atoms with Gasteiger partial charge in [0.05, 0.1) is 21.5 Å². The van der Waals surface area contributed by atoms with Crippen LogP contribution >= 0.6 is 34.8 Å². The van der Waals surface area contributed by atoms with E-state index in [4.69, 9.17) is 34.8 Å². The first kappa shape index (κ1) is 20.1. The standard InChI is InChI=1S/C16H13Cl3N6O3/c1-2-23-8-13(25(27)28)14(21-23)16(26)20-15-12(19)7-24(22-15)6-9-3-4-10(17)11(18)5-9/h3-5,7-8H,2,6H2,1H3,(H,20,22,26). The SMILES string of the molecule is CCn1cc([N+](=O)[O-])c(C(=O)Nc2nn(Cc3ccc(Cl)c(Cl)c3)cc2Cl)n1. The summed E-state index contributed by atoms with van der Waals surface area (Å²) >= 11 is 18.0. The molecule has 3 rings (SSSR count). The van der Waals surface area contributed by atoms with Crippen molar-refractivity contribution in [2.75, 3.05) is 5.32 Å². The molecular weight excluding hydrogens is 431 g/mol. The van der Waals surface area contributed by atoms with Crippen molar-refractivity contribution in [3.8, 4) is 0 Å². The van der Waals surface area contributed by atoms with Crippen LogP contribution in [0.4, 0.5) is 11.5 Å². The molecule has 2 aromatic heterocycles. The Morgan fingerprint density at radius 2 is 1.89 bits per heavy atom. The van der Waals surface area contributed by atoms with Crippen molar-refractivity contribution in [3.05, 3.63) is 67.0 Å². The Balaban J connectivity index is 1.80. The van der Waals surface area contributed by atoms with E-state index >= 15 is 0 Å². The van der Waals surface area contributed by atoms with Gasteiger partial charge in [-0.3, -0.25) is 24.3 Å². The van der Waals surface area contributed by atoms with Crippen LogP contribution in [0, 0.1) is 10.1 Å². The Morgan fingerprint density at radius 1 is 1.14 bits per heavy atom. The van der Waals surface area contributed by atoms with Gasteiger partial charge in [0.2, 0.25) is 5.69 Å². The van der Waals surface area contributed by atoms with Crippen molar-refractivity contribution in [1.29, 1.82) is 0 Å². The molecule has 0 aliphatic heterocycles. The molecule has 1 amide bonds. The molecular formula is C16H13Cl3N6O3. The third-order valence-corrected chi connectivity index (χ3v) is 4.77. The number of amides is 1. The second-order valence-electron chi connectivity index (χ2n) is 5.70. The number of hydrogen-bond acceptors (Lipinski definition) is 5. The van der Waals surface area contributed by atoms with Crippen LogP contribution in [0.15, 0.2) is 30.6 Å². The maximum Gasteiger partial charge on any atom is 0.320 e. The predicted molar refractivity (Wildman–Crippen MR) is 105 cm³/mol. The van der Waals surface area contributed by atoms with Gasteiger partial charge in [0.15, 0.2) is 5.82 Å². The number of anilines is 1. The molecule has 1 N–H and O–H groups in total. The van der Waals surface area contributed by atoms with Crippen LogP contribution in [0.25, 0.3) is 0 Å². The number of hydrogen-bond donors (Lipinski definition) is 1. The van der Waals surface area contributed by atoms with Crippen LogP contribution < -0.4 is 5.32 Å². The molecule has 0 aliphatic carbocycles. The molecule has 0 aliphatic rings. The van der Waals surface area contributed by atoms with Crippen molar-refractivity contribution in [3.63, 3.8) is 0 Å². The highest BCUT2D eigenvalue weighted by molar-refractivity contribution is 6.42. The van der Waals surface area contributed by atoms with Crippen LogP contribution in [0.5, 0.6) is 0 Å².